The van der Waals surface area contributed by atoms with Crippen LogP contribution in [0.1, 0.15) is 24.5 Å². The van der Waals surface area contributed by atoms with E-state index in [0.29, 0.717) is 5.56 Å². The van der Waals surface area contributed by atoms with Crippen molar-refractivity contribution in [2.24, 2.45) is 0 Å². The van der Waals surface area contributed by atoms with Gasteiger partial charge < -0.3 is 0 Å². The lowest BCUT2D eigenvalue weighted by atomic mass is 10.0. The average molecular weight is 345 g/mol. The zero-order chi connectivity index (χ0) is 17.6. The Morgan fingerprint density at radius 2 is 1.52 bits per heavy atom. The minimum atomic E-state index is -1.17. The summed E-state index contributed by atoms with van der Waals surface area (Å²) in [4.78, 5) is 1.64. The monoisotopic (exact) mass is 345 g/mol. The van der Waals surface area contributed by atoms with E-state index >= 15 is 0 Å². The fraction of sp³-hybridized carbons (Fsp3) is 0.136. The Morgan fingerprint density at radius 1 is 0.880 bits per heavy atom. The van der Waals surface area contributed by atoms with E-state index in [9.17, 15) is 4.21 Å². The molecule has 1 atom stereocenters. The molecule has 0 heterocycles. The molecule has 0 aromatic heterocycles. The highest BCUT2D eigenvalue weighted by Crippen LogP contribution is 2.24. The van der Waals surface area contributed by atoms with Gasteiger partial charge in [0.05, 0.1) is 22.4 Å². The molecular weight excluding hydrogens is 326 g/mol. The van der Waals surface area contributed by atoms with Crippen LogP contribution in [0, 0.1) is 11.3 Å². The number of aryl methyl sites for hydroxylation is 1. The summed E-state index contributed by atoms with van der Waals surface area (Å²) in [6.45, 7) is 2.14. The zero-order valence-corrected chi connectivity index (χ0v) is 14.9. The molecule has 1 unspecified atom stereocenters. The Morgan fingerprint density at radius 3 is 2.12 bits per heavy atom. The van der Waals surface area contributed by atoms with Gasteiger partial charge in [0.1, 0.15) is 0 Å². The quantitative estimate of drug-likeness (QED) is 0.626. The van der Waals surface area contributed by atoms with Gasteiger partial charge in [0.15, 0.2) is 0 Å². The van der Waals surface area contributed by atoms with Gasteiger partial charge in [0.25, 0.3) is 0 Å². The summed E-state index contributed by atoms with van der Waals surface area (Å²) in [5.74, 6) is 0. The summed E-state index contributed by atoms with van der Waals surface area (Å²) in [5.41, 5.74) is 3.96. The van der Waals surface area contributed by atoms with Crippen molar-refractivity contribution in [3.8, 4) is 17.2 Å². The smallest absolute Gasteiger partial charge is 0.0991 e. The molecular formula is C22H19NOS. The topological polar surface area (TPSA) is 40.9 Å². The van der Waals surface area contributed by atoms with E-state index in [1.165, 1.54) is 5.56 Å². The van der Waals surface area contributed by atoms with E-state index in [2.05, 4.69) is 19.1 Å². The van der Waals surface area contributed by atoms with Gasteiger partial charge in [-0.1, -0.05) is 49.7 Å². The van der Waals surface area contributed by atoms with Gasteiger partial charge in [-0.25, -0.2) is 4.21 Å². The normalized spacial score (nSPS) is 11.7. The van der Waals surface area contributed by atoms with Crippen molar-refractivity contribution in [2.75, 3.05) is 0 Å². The Labute approximate surface area is 151 Å². The van der Waals surface area contributed by atoms with Crippen LogP contribution < -0.4 is 0 Å². The maximum Gasteiger partial charge on any atom is 0.0991 e. The van der Waals surface area contributed by atoms with Crippen molar-refractivity contribution >= 4 is 10.8 Å². The molecule has 3 aromatic rings. The summed E-state index contributed by atoms with van der Waals surface area (Å²) < 4.78 is 12.8. The lowest BCUT2D eigenvalue weighted by Crippen LogP contribution is -1.94. The van der Waals surface area contributed by atoms with E-state index in [-0.39, 0.29) is 0 Å². The second kappa shape index (κ2) is 7.92. The first kappa shape index (κ1) is 17.1. The van der Waals surface area contributed by atoms with Crippen molar-refractivity contribution in [1.82, 2.24) is 0 Å². The highest BCUT2D eigenvalue weighted by Gasteiger charge is 2.08. The van der Waals surface area contributed by atoms with Gasteiger partial charge in [-0.2, -0.15) is 5.26 Å². The third-order valence-electron chi connectivity index (χ3n) is 4.07. The Balaban J connectivity index is 1.83. The van der Waals surface area contributed by atoms with Gasteiger partial charge >= 0.3 is 0 Å². The molecule has 0 saturated carbocycles. The van der Waals surface area contributed by atoms with E-state index in [4.69, 9.17) is 5.26 Å². The van der Waals surface area contributed by atoms with E-state index in [1.807, 2.05) is 54.6 Å². The number of hydrogen-bond acceptors (Lipinski definition) is 2. The highest BCUT2D eigenvalue weighted by atomic mass is 32.2. The van der Waals surface area contributed by atoms with Crippen molar-refractivity contribution in [3.05, 3.63) is 83.9 Å². The van der Waals surface area contributed by atoms with Crippen molar-refractivity contribution in [2.45, 2.75) is 29.6 Å². The maximum absolute atomic E-state index is 12.8. The van der Waals surface area contributed by atoms with Crippen LogP contribution in [0.15, 0.2) is 82.6 Å². The third-order valence-corrected chi connectivity index (χ3v) is 5.45. The van der Waals surface area contributed by atoms with Crippen molar-refractivity contribution < 1.29 is 4.21 Å². The maximum atomic E-state index is 12.8. The second-order valence-corrected chi connectivity index (χ2v) is 7.36. The number of benzene rings is 3. The van der Waals surface area contributed by atoms with Crippen LogP contribution in [0.4, 0.5) is 0 Å². The van der Waals surface area contributed by atoms with Crippen LogP contribution in [-0.4, -0.2) is 4.21 Å². The summed E-state index contributed by atoms with van der Waals surface area (Å²) in [6.07, 6.45) is 2.08. The molecule has 0 bridgehead atoms. The molecule has 0 spiro atoms. The van der Waals surface area contributed by atoms with Gasteiger partial charge in [-0.05, 0) is 59.5 Å². The van der Waals surface area contributed by atoms with Gasteiger partial charge in [0, 0.05) is 9.79 Å². The number of hydrogen-bond donors (Lipinski definition) is 0. The first-order valence-electron chi connectivity index (χ1n) is 8.32. The minimum absolute atomic E-state index is 0.647. The average Bonchev–Trinajstić information content (AvgIpc) is 2.68. The number of nitrogens with zero attached hydrogens (tertiary/aromatic N) is 1. The van der Waals surface area contributed by atoms with Crippen molar-refractivity contribution in [1.29, 1.82) is 5.26 Å². The van der Waals surface area contributed by atoms with Gasteiger partial charge in [0.2, 0.25) is 0 Å². The zero-order valence-electron chi connectivity index (χ0n) is 14.1. The van der Waals surface area contributed by atoms with E-state index < -0.39 is 10.8 Å². The predicted molar refractivity (Wildman–Crippen MR) is 102 cm³/mol. The Kier molecular flexibility index (Phi) is 5.42. The van der Waals surface area contributed by atoms with Gasteiger partial charge in [-0.3, -0.25) is 0 Å². The van der Waals surface area contributed by atoms with Crippen LogP contribution in [0.5, 0.6) is 0 Å². The SMILES string of the molecule is CCCc1cccc(S(=O)c2ccc(-c3ccc(C#N)cc3)cc2)c1. The highest BCUT2D eigenvalue weighted by molar-refractivity contribution is 7.85. The summed E-state index contributed by atoms with van der Waals surface area (Å²) in [5, 5.41) is 8.87. The van der Waals surface area contributed by atoms with Crippen LogP contribution in [-0.2, 0) is 17.2 Å². The van der Waals surface area contributed by atoms with Crippen molar-refractivity contribution in [3.63, 3.8) is 0 Å². The fourth-order valence-corrected chi connectivity index (χ4v) is 3.87. The molecule has 0 fully saturated rings. The first-order valence-corrected chi connectivity index (χ1v) is 9.47. The van der Waals surface area contributed by atoms with Gasteiger partial charge in [-0.15, -0.1) is 0 Å². The molecule has 3 heteroatoms. The Hall–Kier alpha value is -2.70. The fourth-order valence-electron chi connectivity index (χ4n) is 2.75. The molecule has 0 aliphatic rings. The first-order chi connectivity index (χ1) is 12.2. The van der Waals surface area contributed by atoms with E-state index in [0.717, 1.165) is 33.8 Å². The molecule has 2 nitrogen and oxygen atoms in total. The summed E-state index contributed by atoms with van der Waals surface area (Å²) in [6, 6.07) is 25.4. The number of rotatable bonds is 5. The molecule has 0 amide bonds. The molecule has 25 heavy (non-hydrogen) atoms. The largest absolute Gasteiger partial charge is 0.249 e. The summed E-state index contributed by atoms with van der Waals surface area (Å²) in [7, 11) is -1.17. The standard InChI is InChI=1S/C22H19NOS/c1-2-4-17-5-3-6-22(15-17)25(24)21-13-11-20(12-14-21)19-9-7-18(16-23)8-10-19/h3,5-15H,2,4H2,1H3. The molecule has 3 aromatic carbocycles. The summed E-state index contributed by atoms with van der Waals surface area (Å²) >= 11 is 0. The molecule has 3 rings (SSSR count). The second-order valence-electron chi connectivity index (χ2n) is 5.88. The molecule has 0 saturated heterocycles. The third kappa shape index (κ3) is 4.04. The minimum Gasteiger partial charge on any atom is -0.249 e. The molecule has 0 radical (unpaired) electrons. The van der Waals surface area contributed by atoms with Crippen LogP contribution in [0.25, 0.3) is 11.1 Å². The predicted octanol–water partition coefficient (Wildman–Crippen LogP) is 5.34. The Bertz CT molecular complexity index is 921. The lowest BCUT2D eigenvalue weighted by molar-refractivity contribution is 0.683. The van der Waals surface area contributed by atoms with Crippen LogP contribution in [0.2, 0.25) is 0 Å². The molecule has 0 aliphatic heterocycles. The molecule has 0 aliphatic carbocycles. The van der Waals surface area contributed by atoms with Crippen LogP contribution >= 0.6 is 0 Å². The molecule has 0 N–H and O–H groups in total. The number of nitriles is 1. The van der Waals surface area contributed by atoms with Crippen LogP contribution in [0.3, 0.4) is 0 Å². The lowest BCUT2D eigenvalue weighted by Gasteiger charge is -2.07. The van der Waals surface area contributed by atoms with E-state index in [1.54, 1.807) is 12.1 Å². The molecule has 124 valence electrons.